The van der Waals surface area contributed by atoms with Gasteiger partial charge in [0.1, 0.15) is 0 Å². The summed E-state index contributed by atoms with van der Waals surface area (Å²) >= 11 is 6.26. The minimum absolute atomic E-state index is 0. The standard InChI is InChI=1S/C2H2F3NO2S2.Li.H/c3-2(4,5)8-1(7)6(9)10;;/h9-10H;;. The van der Waals surface area contributed by atoms with Crippen LogP contribution >= 0.6 is 25.6 Å². The Hall–Kier alpha value is 0.357. The quantitative estimate of drug-likeness (QED) is 0.452. The predicted molar refractivity (Wildman–Crippen MR) is 39.5 cm³/mol. The third kappa shape index (κ3) is 8.26. The number of hydrogen-bond acceptors (Lipinski definition) is 4. The van der Waals surface area contributed by atoms with Gasteiger partial charge in [-0.3, -0.25) is 0 Å². The fourth-order valence-electron chi connectivity index (χ4n) is 0.140. The van der Waals surface area contributed by atoms with Crippen LogP contribution in [0.3, 0.4) is 0 Å². The maximum atomic E-state index is 11.1. The van der Waals surface area contributed by atoms with Crippen LogP contribution in [0.4, 0.5) is 18.0 Å². The van der Waals surface area contributed by atoms with E-state index in [-0.39, 0.29) is 22.6 Å². The molecule has 0 heterocycles. The van der Waals surface area contributed by atoms with Gasteiger partial charge in [-0.25, -0.2) is 4.79 Å². The van der Waals surface area contributed by atoms with E-state index in [4.69, 9.17) is 0 Å². The van der Waals surface area contributed by atoms with E-state index in [1.165, 1.54) is 0 Å². The number of carbonyl (C=O) groups excluding carboxylic acids is 1. The van der Waals surface area contributed by atoms with Gasteiger partial charge in [0, 0.05) is 0 Å². The average molecular weight is 201 g/mol. The minimum atomic E-state index is -4.99. The Morgan fingerprint density at radius 3 is 1.82 bits per heavy atom. The van der Waals surface area contributed by atoms with Gasteiger partial charge in [-0.1, -0.05) is 0 Å². The molecule has 0 rings (SSSR count). The Balaban J connectivity index is 0. The number of nitrogens with zero attached hydrogens (tertiary/aromatic N) is 1. The van der Waals surface area contributed by atoms with E-state index < -0.39 is 12.5 Å². The van der Waals surface area contributed by atoms with E-state index in [0.717, 1.165) is 0 Å². The van der Waals surface area contributed by atoms with E-state index in [0.29, 0.717) is 0 Å². The summed E-state index contributed by atoms with van der Waals surface area (Å²) in [5.41, 5.74) is 0. The second-order valence-corrected chi connectivity index (χ2v) is 2.22. The summed E-state index contributed by atoms with van der Waals surface area (Å²) in [6.07, 6.45) is -6.68. The van der Waals surface area contributed by atoms with Crippen LogP contribution < -0.4 is 0 Å². The number of amides is 1. The molecule has 0 aliphatic heterocycles. The normalized spacial score (nSPS) is 9.91. The second-order valence-electron chi connectivity index (χ2n) is 1.10. The molecule has 1 amide bonds. The van der Waals surface area contributed by atoms with E-state index in [1.54, 1.807) is 0 Å². The number of thiol groups is 2. The molecular formula is C2H3F3LiNO2S2. The van der Waals surface area contributed by atoms with Gasteiger partial charge < -0.3 is 4.74 Å². The first-order valence-electron chi connectivity index (χ1n) is 1.80. The van der Waals surface area contributed by atoms with E-state index in [9.17, 15) is 18.0 Å². The first-order valence-corrected chi connectivity index (χ1v) is 2.60. The van der Waals surface area contributed by atoms with Crippen LogP contribution in [-0.4, -0.2) is 35.0 Å². The van der Waals surface area contributed by atoms with Crippen molar-refractivity contribution in [3.63, 3.8) is 0 Å². The summed E-state index contributed by atoms with van der Waals surface area (Å²) < 4.78 is 36.3. The molecule has 9 heteroatoms. The summed E-state index contributed by atoms with van der Waals surface area (Å²) in [6, 6.07) is 0. The second kappa shape index (κ2) is 5.08. The Labute approximate surface area is 83.5 Å². The van der Waals surface area contributed by atoms with Crippen LogP contribution in [0, 0.1) is 0 Å². The topological polar surface area (TPSA) is 29.5 Å². The van der Waals surface area contributed by atoms with Crippen molar-refractivity contribution >= 4 is 50.6 Å². The van der Waals surface area contributed by atoms with Gasteiger partial charge in [-0.2, -0.15) is 3.71 Å². The van der Waals surface area contributed by atoms with Crippen molar-refractivity contribution in [1.82, 2.24) is 3.71 Å². The molecule has 0 aromatic rings. The SMILES string of the molecule is O=C(OC(F)(F)F)N(S)S.[LiH]. The zero-order valence-corrected chi connectivity index (χ0v) is 6.08. The molecular weight excluding hydrogens is 198 g/mol. The van der Waals surface area contributed by atoms with Crippen molar-refractivity contribution in [2.24, 2.45) is 0 Å². The summed E-state index contributed by atoms with van der Waals surface area (Å²) in [4.78, 5) is 9.99. The molecule has 62 valence electrons. The van der Waals surface area contributed by atoms with Crippen LogP contribution in [0.25, 0.3) is 0 Å². The van der Waals surface area contributed by atoms with Gasteiger partial charge in [-0.05, 0) is 25.6 Å². The number of rotatable bonds is 0. The molecule has 0 radical (unpaired) electrons. The van der Waals surface area contributed by atoms with Gasteiger partial charge in [0.05, 0.1) is 0 Å². The Morgan fingerprint density at radius 2 is 1.73 bits per heavy atom. The molecule has 11 heavy (non-hydrogen) atoms. The number of ether oxygens (including phenoxy) is 1. The van der Waals surface area contributed by atoms with Crippen molar-refractivity contribution in [2.75, 3.05) is 0 Å². The Morgan fingerprint density at radius 1 is 1.36 bits per heavy atom. The molecule has 0 bridgehead atoms. The number of halogens is 3. The van der Waals surface area contributed by atoms with Crippen LogP contribution in [0.5, 0.6) is 0 Å². The van der Waals surface area contributed by atoms with E-state index in [2.05, 4.69) is 30.4 Å². The molecule has 0 saturated heterocycles. The van der Waals surface area contributed by atoms with Crippen molar-refractivity contribution in [3.05, 3.63) is 0 Å². The molecule has 0 N–H and O–H groups in total. The number of carbonyl (C=O) groups is 1. The number of hydrogen-bond donors (Lipinski definition) is 2. The van der Waals surface area contributed by atoms with Crippen LogP contribution in [0.1, 0.15) is 0 Å². The van der Waals surface area contributed by atoms with Crippen LogP contribution in [0.2, 0.25) is 0 Å². The molecule has 3 nitrogen and oxygen atoms in total. The maximum absolute atomic E-state index is 11.1. The molecule has 0 spiro atoms. The monoisotopic (exact) mass is 201 g/mol. The third-order valence-corrected chi connectivity index (χ3v) is 0.693. The fourth-order valence-corrected chi connectivity index (χ4v) is 0.221. The van der Waals surface area contributed by atoms with Crippen molar-refractivity contribution in [2.45, 2.75) is 6.36 Å². The van der Waals surface area contributed by atoms with Crippen LogP contribution in [0.15, 0.2) is 0 Å². The summed E-state index contributed by atoms with van der Waals surface area (Å²) in [5, 5.41) is 0. The third-order valence-electron chi connectivity index (χ3n) is 0.366. The Bertz CT molecular complexity index is 140. The average Bonchev–Trinajstić information content (AvgIpc) is 1.60. The van der Waals surface area contributed by atoms with E-state index in [1.807, 2.05) is 0 Å². The van der Waals surface area contributed by atoms with Gasteiger partial charge in [0.25, 0.3) is 0 Å². The first-order chi connectivity index (χ1) is 4.33. The van der Waals surface area contributed by atoms with Crippen molar-refractivity contribution in [3.8, 4) is 0 Å². The molecule has 0 fully saturated rings. The zero-order valence-electron chi connectivity index (χ0n) is 4.29. The zero-order chi connectivity index (χ0) is 8.36. The first kappa shape index (κ1) is 13.9. The van der Waals surface area contributed by atoms with Gasteiger partial charge in [-0.15, -0.1) is 13.2 Å². The molecule has 0 aromatic heterocycles. The van der Waals surface area contributed by atoms with Gasteiger partial charge >= 0.3 is 31.3 Å². The van der Waals surface area contributed by atoms with E-state index >= 15 is 0 Å². The summed E-state index contributed by atoms with van der Waals surface area (Å²) in [5.74, 6) is 0. The molecule has 0 unspecified atom stereocenters. The molecule has 0 aromatic carbocycles. The molecule has 0 aliphatic rings. The van der Waals surface area contributed by atoms with Gasteiger partial charge in [0.2, 0.25) is 0 Å². The molecule has 0 aliphatic carbocycles. The Kier molecular flexibility index (Phi) is 6.43. The van der Waals surface area contributed by atoms with Crippen molar-refractivity contribution < 1.29 is 22.7 Å². The number of alkyl halides is 3. The van der Waals surface area contributed by atoms with Gasteiger partial charge in [0.15, 0.2) is 0 Å². The molecule has 0 atom stereocenters. The fraction of sp³-hybridized carbons (Fsp3) is 0.500. The van der Waals surface area contributed by atoms with Crippen LogP contribution in [-0.2, 0) is 4.74 Å². The predicted octanol–water partition coefficient (Wildman–Crippen LogP) is 0.986. The molecule has 0 saturated carbocycles. The summed E-state index contributed by atoms with van der Waals surface area (Å²) in [6.45, 7) is 0. The van der Waals surface area contributed by atoms with Crippen molar-refractivity contribution in [1.29, 1.82) is 0 Å². The summed E-state index contributed by atoms with van der Waals surface area (Å²) in [7, 11) is 0.